The van der Waals surface area contributed by atoms with Gasteiger partial charge in [0.15, 0.2) is 11.4 Å². The molecule has 0 spiro atoms. The Morgan fingerprint density at radius 2 is 1.75 bits per heavy atom. The van der Waals surface area contributed by atoms with Crippen LogP contribution < -0.4 is 10.1 Å². The Labute approximate surface area is 250 Å². The molecule has 0 bridgehead atoms. The summed E-state index contributed by atoms with van der Waals surface area (Å²) in [6.45, 7) is 8.08. The number of halogens is 4. The van der Waals surface area contributed by atoms with E-state index < -0.39 is 17.6 Å². The zero-order chi connectivity index (χ0) is 31.6. The van der Waals surface area contributed by atoms with Crippen LogP contribution in [0.2, 0.25) is 0 Å². The molecule has 0 unspecified atom stereocenters. The molecule has 5 aromatic rings. The predicted octanol–water partition coefficient (Wildman–Crippen LogP) is 7.37. The lowest BCUT2D eigenvalue weighted by Crippen LogP contribution is -2.22. The Bertz CT molecular complexity index is 1830. The highest BCUT2D eigenvalue weighted by atomic mass is 19.4. The number of rotatable bonds is 8. The summed E-state index contributed by atoms with van der Waals surface area (Å²) < 4.78 is 67.1. The first-order valence-corrected chi connectivity index (χ1v) is 13.7. The van der Waals surface area contributed by atoms with Crippen molar-refractivity contribution in [3.05, 3.63) is 95.6 Å². The van der Waals surface area contributed by atoms with Gasteiger partial charge in [0, 0.05) is 29.0 Å². The maximum Gasteiger partial charge on any atom is 0.416 e. The van der Waals surface area contributed by atoms with Crippen LogP contribution in [0.4, 0.5) is 23.4 Å². The molecule has 0 aliphatic rings. The molecule has 0 fully saturated rings. The topological polar surface area (TPSA) is 90.6 Å². The van der Waals surface area contributed by atoms with Crippen molar-refractivity contribution in [3.63, 3.8) is 0 Å². The summed E-state index contributed by atoms with van der Waals surface area (Å²) in [7, 11) is 0. The maximum atomic E-state index is 14.2. The monoisotopic (exact) mass is 607 g/mol. The van der Waals surface area contributed by atoms with Gasteiger partial charge in [-0.3, -0.25) is 4.79 Å². The van der Waals surface area contributed by atoms with E-state index in [-0.39, 0.29) is 29.4 Å². The van der Waals surface area contributed by atoms with Gasteiger partial charge in [-0.25, -0.2) is 18.9 Å². The van der Waals surface area contributed by atoms with Gasteiger partial charge in [-0.2, -0.15) is 18.3 Å². The number of aryl methyl sites for hydroxylation is 1. The fourth-order valence-electron chi connectivity index (χ4n) is 4.46. The average Bonchev–Trinajstić information content (AvgIpc) is 3.36. The van der Waals surface area contributed by atoms with E-state index in [2.05, 4.69) is 15.4 Å². The third-order valence-corrected chi connectivity index (χ3v) is 6.52. The van der Waals surface area contributed by atoms with Gasteiger partial charge >= 0.3 is 6.18 Å². The summed E-state index contributed by atoms with van der Waals surface area (Å²) in [4.78, 5) is 21.9. The molecule has 44 heavy (non-hydrogen) atoms. The normalized spacial score (nSPS) is 12.0. The first-order valence-electron chi connectivity index (χ1n) is 13.7. The van der Waals surface area contributed by atoms with E-state index in [1.54, 1.807) is 48.0 Å². The van der Waals surface area contributed by atoms with Crippen LogP contribution in [-0.2, 0) is 10.9 Å². The fraction of sp³-hybridized carbons (Fsp3) is 0.250. The highest BCUT2D eigenvalue weighted by molar-refractivity contribution is 6.04. The molecule has 228 valence electrons. The number of imidazole rings is 1. The standard InChI is InChI=1S/C32H29F4N5O3/c1-19-16-20(8-9-24(19)33)27-28(41-29(40-27)25(11-13-38-41)43-14-15-44-31(2,3)4)21-10-12-37-26(18-21)39-30(42)22-6-5-7-23(17-22)32(34,35)36/h5-13,16-18H,14-15H2,1-4H3,(H,37,39,42). The van der Waals surface area contributed by atoms with Gasteiger partial charge in [-0.15, -0.1) is 0 Å². The molecule has 0 aliphatic carbocycles. The number of hydrogen-bond acceptors (Lipinski definition) is 6. The number of carbonyl (C=O) groups is 1. The van der Waals surface area contributed by atoms with E-state index >= 15 is 0 Å². The molecular formula is C32H29F4N5O3. The minimum absolute atomic E-state index is 0.0906. The number of nitrogens with one attached hydrogen (secondary N) is 1. The number of aromatic nitrogens is 4. The lowest BCUT2D eigenvalue weighted by molar-refractivity contribution is -0.137. The Morgan fingerprint density at radius 3 is 2.48 bits per heavy atom. The van der Waals surface area contributed by atoms with E-state index in [1.807, 2.05) is 20.8 Å². The number of fused-ring (bicyclic) bond motifs is 1. The highest BCUT2D eigenvalue weighted by Crippen LogP contribution is 2.36. The number of anilines is 1. The third-order valence-electron chi connectivity index (χ3n) is 6.52. The molecule has 12 heteroatoms. The van der Waals surface area contributed by atoms with Gasteiger partial charge in [-0.05, 0) is 81.8 Å². The number of alkyl halides is 3. The molecule has 3 aromatic heterocycles. The van der Waals surface area contributed by atoms with Crippen LogP contribution in [0.15, 0.2) is 73.1 Å². The Kier molecular flexibility index (Phi) is 8.38. The quantitative estimate of drug-likeness (QED) is 0.146. The zero-order valence-corrected chi connectivity index (χ0v) is 24.4. The second-order valence-corrected chi connectivity index (χ2v) is 11.0. The summed E-state index contributed by atoms with van der Waals surface area (Å²) in [6.07, 6.45) is -1.60. The summed E-state index contributed by atoms with van der Waals surface area (Å²) in [5.74, 6) is -0.605. The van der Waals surface area contributed by atoms with Crippen molar-refractivity contribution in [2.45, 2.75) is 39.5 Å². The van der Waals surface area contributed by atoms with Gasteiger partial charge < -0.3 is 14.8 Å². The van der Waals surface area contributed by atoms with Gasteiger partial charge in [-0.1, -0.05) is 6.07 Å². The second kappa shape index (κ2) is 12.0. The number of ether oxygens (including phenoxy) is 2. The second-order valence-electron chi connectivity index (χ2n) is 11.0. The van der Waals surface area contributed by atoms with Crippen LogP contribution >= 0.6 is 0 Å². The fourth-order valence-corrected chi connectivity index (χ4v) is 4.46. The first kappa shape index (κ1) is 30.6. The van der Waals surface area contributed by atoms with Crippen LogP contribution in [0.5, 0.6) is 5.75 Å². The van der Waals surface area contributed by atoms with Crippen molar-refractivity contribution >= 4 is 17.4 Å². The number of benzene rings is 2. The minimum Gasteiger partial charge on any atom is -0.487 e. The van der Waals surface area contributed by atoms with Gasteiger partial charge in [0.25, 0.3) is 5.91 Å². The van der Waals surface area contributed by atoms with Crippen LogP contribution in [0.1, 0.15) is 42.3 Å². The van der Waals surface area contributed by atoms with E-state index in [4.69, 9.17) is 14.5 Å². The Hall–Kier alpha value is -4.84. The van der Waals surface area contributed by atoms with Crippen molar-refractivity contribution in [2.24, 2.45) is 0 Å². The average molecular weight is 608 g/mol. The van der Waals surface area contributed by atoms with Crippen molar-refractivity contribution in [2.75, 3.05) is 18.5 Å². The zero-order valence-electron chi connectivity index (χ0n) is 24.4. The van der Waals surface area contributed by atoms with Crippen LogP contribution in [0, 0.1) is 12.7 Å². The molecule has 0 atom stereocenters. The highest BCUT2D eigenvalue weighted by Gasteiger charge is 2.31. The molecule has 1 N–H and O–H groups in total. The third kappa shape index (κ3) is 6.86. The Balaban J connectivity index is 1.54. The van der Waals surface area contributed by atoms with Crippen molar-refractivity contribution < 1.29 is 31.8 Å². The maximum absolute atomic E-state index is 14.2. The summed E-state index contributed by atoms with van der Waals surface area (Å²) in [5.41, 5.74) is 1.46. The molecular weight excluding hydrogens is 578 g/mol. The van der Waals surface area contributed by atoms with E-state index in [1.165, 1.54) is 18.3 Å². The molecule has 0 saturated carbocycles. The number of hydrogen-bond donors (Lipinski definition) is 1. The summed E-state index contributed by atoms with van der Waals surface area (Å²) in [6, 6.07) is 13.6. The number of carbonyl (C=O) groups excluding carboxylic acids is 1. The molecule has 0 radical (unpaired) electrons. The number of amides is 1. The number of pyridine rings is 1. The lowest BCUT2D eigenvalue weighted by atomic mass is 10.0. The van der Waals surface area contributed by atoms with Gasteiger partial charge in [0.1, 0.15) is 23.9 Å². The van der Waals surface area contributed by atoms with Crippen molar-refractivity contribution in [1.82, 2.24) is 19.6 Å². The minimum atomic E-state index is -4.60. The summed E-state index contributed by atoms with van der Waals surface area (Å²) in [5, 5.41) is 7.06. The SMILES string of the molecule is Cc1cc(-c2nc3c(OCCOC(C)(C)C)ccnn3c2-c2ccnc(NC(=O)c3cccc(C(F)(F)F)c3)c2)ccc1F. The Morgan fingerprint density at radius 1 is 0.955 bits per heavy atom. The predicted molar refractivity (Wildman–Crippen MR) is 157 cm³/mol. The van der Waals surface area contributed by atoms with Crippen LogP contribution in [-0.4, -0.2) is 44.3 Å². The molecule has 3 heterocycles. The van der Waals surface area contributed by atoms with E-state index in [9.17, 15) is 22.4 Å². The van der Waals surface area contributed by atoms with Gasteiger partial charge in [0.05, 0.1) is 29.7 Å². The summed E-state index contributed by atoms with van der Waals surface area (Å²) >= 11 is 0. The van der Waals surface area contributed by atoms with Crippen molar-refractivity contribution in [3.8, 4) is 28.3 Å². The molecule has 5 rings (SSSR count). The molecule has 0 aliphatic heterocycles. The molecule has 2 aromatic carbocycles. The van der Waals surface area contributed by atoms with Crippen LogP contribution in [0.3, 0.4) is 0 Å². The first-order chi connectivity index (χ1) is 20.8. The van der Waals surface area contributed by atoms with Gasteiger partial charge in [0.2, 0.25) is 0 Å². The van der Waals surface area contributed by atoms with E-state index in [0.29, 0.717) is 46.1 Å². The van der Waals surface area contributed by atoms with E-state index in [0.717, 1.165) is 18.2 Å². The molecule has 0 saturated heterocycles. The smallest absolute Gasteiger partial charge is 0.416 e. The number of nitrogens with zero attached hydrogens (tertiary/aromatic N) is 4. The molecule has 8 nitrogen and oxygen atoms in total. The lowest BCUT2D eigenvalue weighted by Gasteiger charge is -2.19. The largest absolute Gasteiger partial charge is 0.487 e. The van der Waals surface area contributed by atoms with Crippen molar-refractivity contribution in [1.29, 1.82) is 0 Å². The van der Waals surface area contributed by atoms with Crippen LogP contribution in [0.25, 0.3) is 28.2 Å². The molecule has 1 amide bonds.